The third-order valence-corrected chi connectivity index (χ3v) is 2.75. The Hall–Kier alpha value is -1.08. The predicted octanol–water partition coefficient (Wildman–Crippen LogP) is 2.97. The standard InChI is InChI=1S/C13H19O3P/c1-4-15-12(14)6-5-11-8-9(2)7-10(3)13(11)16-17/h7-8H,4-6,17H2,1-3H3. The topological polar surface area (TPSA) is 35.5 Å². The van der Waals surface area contributed by atoms with Crippen LogP contribution in [0, 0.1) is 13.8 Å². The van der Waals surface area contributed by atoms with Crippen molar-refractivity contribution in [3.63, 3.8) is 0 Å². The number of carbonyl (C=O) groups is 1. The molecule has 0 amide bonds. The number of rotatable bonds is 5. The van der Waals surface area contributed by atoms with Gasteiger partial charge in [-0.1, -0.05) is 17.7 Å². The molecule has 1 aromatic rings. The van der Waals surface area contributed by atoms with Gasteiger partial charge in [-0.2, -0.15) is 0 Å². The number of aryl methyl sites for hydroxylation is 3. The van der Waals surface area contributed by atoms with Crippen LogP contribution in [0.1, 0.15) is 30.0 Å². The molecule has 0 spiro atoms. The molecule has 4 heteroatoms. The maximum atomic E-state index is 11.3. The van der Waals surface area contributed by atoms with Crippen LogP contribution >= 0.6 is 9.47 Å². The number of carbonyl (C=O) groups excluding carboxylic acids is 1. The molecule has 0 aliphatic heterocycles. The second-order valence-electron chi connectivity index (χ2n) is 3.99. The molecule has 1 unspecified atom stereocenters. The van der Waals surface area contributed by atoms with Crippen molar-refractivity contribution >= 4 is 15.4 Å². The molecule has 0 saturated heterocycles. The molecule has 0 radical (unpaired) electrons. The molecular weight excluding hydrogens is 235 g/mol. The molecule has 1 aromatic carbocycles. The predicted molar refractivity (Wildman–Crippen MR) is 71.2 cm³/mol. The lowest BCUT2D eigenvalue weighted by atomic mass is 10.0. The molecule has 0 bridgehead atoms. The molecule has 94 valence electrons. The Bertz CT molecular complexity index is 402. The van der Waals surface area contributed by atoms with Gasteiger partial charge in [0.1, 0.15) is 5.75 Å². The van der Waals surface area contributed by atoms with Crippen LogP contribution in [-0.4, -0.2) is 12.6 Å². The summed E-state index contributed by atoms with van der Waals surface area (Å²) in [6.07, 6.45) is 1.03. The summed E-state index contributed by atoms with van der Waals surface area (Å²) in [6.45, 7) is 6.28. The van der Waals surface area contributed by atoms with Gasteiger partial charge < -0.3 is 9.26 Å². The first-order chi connectivity index (χ1) is 8.08. The fraction of sp³-hybridized carbons (Fsp3) is 0.462. The van der Waals surface area contributed by atoms with Gasteiger partial charge in [0.05, 0.1) is 16.1 Å². The van der Waals surface area contributed by atoms with E-state index >= 15 is 0 Å². The van der Waals surface area contributed by atoms with Crippen molar-refractivity contribution in [2.45, 2.75) is 33.6 Å². The summed E-state index contributed by atoms with van der Waals surface area (Å²) in [5.74, 6) is 0.672. The molecule has 1 rings (SSSR count). The molecular formula is C13H19O3P. The summed E-state index contributed by atoms with van der Waals surface area (Å²) < 4.78 is 10.2. The van der Waals surface area contributed by atoms with E-state index in [1.165, 1.54) is 5.56 Å². The molecule has 0 aromatic heterocycles. The lowest BCUT2D eigenvalue weighted by molar-refractivity contribution is -0.143. The van der Waals surface area contributed by atoms with Crippen LogP contribution in [0.2, 0.25) is 0 Å². The van der Waals surface area contributed by atoms with Gasteiger partial charge in [-0.25, -0.2) is 0 Å². The Labute approximate surface area is 105 Å². The Kier molecular flexibility index (Phi) is 5.43. The molecule has 0 saturated carbocycles. The van der Waals surface area contributed by atoms with Crippen molar-refractivity contribution in [3.05, 3.63) is 28.8 Å². The Morgan fingerprint density at radius 2 is 2.06 bits per heavy atom. The van der Waals surface area contributed by atoms with Crippen molar-refractivity contribution in [2.75, 3.05) is 6.61 Å². The third kappa shape index (κ3) is 4.01. The van der Waals surface area contributed by atoms with Gasteiger partial charge in [0, 0.05) is 6.42 Å². The third-order valence-electron chi connectivity index (χ3n) is 2.52. The maximum absolute atomic E-state index is 11.3. The number of ether oxygens (including phenoxy) is 1. The summed E-state index contributed by atoms with van der Waals surface area (Å²) in [4.78, 5) is 11.3. The zero-order valence-electron chi connectivity index (χ0n) is 10.6. The Morgan fingerprint density at radius 1 is 1.35 bits per heavy atom. The van der Waals surface area contributed by atoms with Crippen molar-refractivity contribution in [1.82, 2.24) is 0 Å². The number of esters is 1. The fourth-order valence-corrected chi connectivity index (χ4v) is 2.20. The highest BCUT2D eigenvalue weighted by Crippen LogP contribution is 2.28. The summed E-state index contributed by atoms with van der Waals surface area (Å²) >= 11 is 0. The van der Waals surface area contributed by atoms with E-state index in [0.717, 1.165) is 16.9 Å². The smallest absolute Gasteiger partial charge is 0.306 e. The molecule has 0 N–H and O–H groups in total. The molecule has 0 heterocycles. The van der Waals surface area contributed by atoms with Crippen LogP contribution in [0.5, 0.6) is 5.75 Å². The first-order valence-electron chi connectivity index (χ1n) is 5.71. The second-order valence-corrected chi connectivity index (χ2v) is 4.23. The van der Waals surface area contributed by atoms with Crippen LogP contribution < -0.4 is 4.52 Å². The van der Waals surface area contributed by atoms with Gasteiger partial charge in [0.25, 0.3) is 0 Å². The highest BCUT2D eigenvalue weighted by atomic mass is 31.0. The summed E-state index contributed by atoms with van der Waals surface area (Å²) in [5, 5.41) is 0. The minimum absolute atomic E-state index is 0.165. The van der Waals surface area contributed by atoms with E-state index in [0.29, 0.717) is 19.4 Å². The lowest BCUT2D eigenvalue weighted by Gasteiger charge is -2.12. The number of benzene rings is 1. The van der Waals surface area contributed by atoms with Crippen LogP contribution in [0.25, 0.3) is 0 Å². The first kappa shape index (κ1) is 14.0. The highest BCUT2D eigenvalue weighted by Gasteiger charge is 2.10. The Balaban J connectivity index is 2.79. The number of hydrogen-bond donors (Lipinski definition) is 0. The van der Waals surface area contributed by atoms with Crippen LogP contribution in [0.15, 0.2) is 12.1 Å². The normalized spacial score (nSPS) is 10.1. The molecule has 3 nitrogen and oxygen atoms in total. The van der Waals surface area contributed by atoms with Crippen LogP contribution in [0.4, 0.5) is 0 Å². The first-order valence-corrected chi connectivity index (χ1v) is 6.18. The van der Waals surface area contributed by atoms with Crippen LogP contribution in [0.3, 0.4) is 0 Å². The van der Waals surface area contributed by atoms with Gasteiger partial charge in [-0.05, 0) is 38.3 Å². The SMILES string of the molecule is CCOC(=O)CCc1cc(C)cc(C)c1OP. The highest BCUT2D eigenvalue weighted by molar-refractivity contribution is 7.10. The largest absolute Gasteiger partial charge is 0.480 e. The summed E-state index contributed by atoms with van der Waals surface area (Å²) in [6, 6.07) is 4.11. The zero-order chi connectivity index (χ0) is 12.8. The van der Waals surface area contributed by atoms with E-state index in [2.05, 4.69) is 15.5 Å². The van der Waals surface area contributed by atoms with Crippen molar-refractivity contribution < 1.29 is 14.1 Å². The van der Waals surface area contributed by atoms with E-state index in [4.69, 9.17) is 9.26 Å². The van der Waals surface area contributed by atoms with E-state index in [1.807, 2.05) is 26.8 Å². The maximum Gasteiger partial charge on any atom is 0.306 e. The average molecular weight is 254 g/mol. The van der Waals surface area contributed by atoms with Gasteiger partial charge in [0.2, 0.25) is 0 Å². The summed E-state index contributed by atoms with van der Waals surface area (Å²) in [7, 11) is 2.26. The van der Waals surface area contributed by atoms with E-state index in [-0.39, 0.29) is 5.97 Å². The molecule has 1 atom stereocenters. The van der Waals surface area contributed by atoms with E-state index in [1.54, 1.807) is 0 Å². The average Bonchev–Trinajstić information content (AvgIpc) is 2.26. The summed E-state index contributed by atoms with van der Waals surface area (Å²) in [5.41, 5.74) is 3.30. The van der Waals surface area contributed by atoms with Crippen molar-refractivity contribution in [2.24, 2.45) is 0 Å². The van der Waals surface area contributed by atoms with Gasteiger partial charge in [-0.3, -0.25) is 4.79 Å². The zero-order valence-corrected chi connectivity index (χ0v) is 11.7. The molecule has 0 aliphatic rings. The van der Waals surface area contributed by atoms with Crippen molar-refractivity contribution in [3.8, 4) is 5.75 Å². The Morgan fingerprint density at radius 3 is 2.65 bits per heavy atom. The van der Waals surface area contributed by atoms with Crippen molar-refractivity contribution in [1.29, 1.82) is 0 Å². The molecule has 0 fully saturated rings. The molecule has 17 heavy (non-hydrogen) atoms. The number of hydrogen-bond acceptors (Lipinski definition) is 3. The second kappa shape index (κ2) is 6.61. The van der Waals surface area contributed by atoms with E-state index in [9.17, 15) is 4.79 Å². The van der Waals surface area contributed by atoms with E-state index < -0.39 is 0 Å². The fourth-order valence-electron chi connectivity index (χ4n) is 1.87. The van der Waals surface area contributed by atoms with Crippen LogP contribution in [-0.2, 0) is 16.0 Å². The van der Waals surface area contributed by atoms with Gasteiger partial charge in [-0.15, -0.1) is 0 Å². The van der Waals surface area contributed by atoms with Gasteiger partial charge in [0.15, 0.2) is 0 Å². The quantitative estimate of drug-likeness (QED) is 0.598. The monoisotopic (exact) mass is 254 g/mol. The lowest BCUT2D eigenvalue weighted by Crippen LogP contribution is -2.06. The minimum atomic E-state index is -0.165. The van der Waals surface area contributed by atoms with Gasteiger partial charge >= 0.3 is 5.97 Å². The molecule has 0 aliphatic carbocycles. The minimum Gasteiger partial charge on any atom is -0.480 e.